The van der Waals surface area contributed by atoms with Crippen molar-refractivity contribution in [2.24, 2.45) is 5.73 Å². The molecular weight excluding hydrogens is 254 g/mol. The van der Waals surface area contributed by atoms with Crippen LogP contribution >= 0.6 is 0 Å². The molecule has 20 heavy (non-hydrogen) atoms. The van der Waals surface area contributed by atoms with Crippen molar-refractivity contribution in [2.75, 3.05) is 31.7 Å². The van der Waals surface area contributed by atoms with E-state index in [-0.39, 0.29) is 5.84 Å². The van der Waals surface area contributed by atoms with Crippen LogP contribution in [0.3, 0.4) is 0 Å². The number of benzene rings is 1. The number of amidine groups is 1. The third-order valence-electron chi connectivity index (χ3n) is 3.81. The van der Waals surface area contributed by atoms with Crippen LogP contribution in [0.4, 0.5) is 5.69 Å². The molecule has 1 aliphatic rings. The molecule has 1 aromatic rings. The van der Waals surface area contributed by atoms with Gasteiger partial charge in [0.15, 0.2) is 0 Å². The van der Waals surface area contributed by atoms with E-state index in [1.807, 2.05) is 37.1 Å². The summed E-state index contributed by atoms with van der Waals surface area (Å²) in [7, 11) is 1.93. The second-order valence-corrected chi connectivity index (χ2v) is 5.63. The Morgan fingerprint density at radius 3 is 2.70 bits per heavy atom. The summed E-state index contributed by atoms with van der Waals surface area (Å²) in [5, 5.41) is 18.3. The van der Waals surface area contributed by atoms with Crippen LogP contribution in [0.5, 0.6) is 0 Å². The lowest BCUT2D eigenvalue weighted by Crippen LogP contribution is -2.46. The maximum Gasteiger partial charge on any atom is 0.124 e. The number of rotatable bonds is 4. The molecule has 0 unspecified atom stereocenters. The number of ether oxygens (including phenoxy) is 1. The van der Waals surface area contributed by atoms with Crippen molar-refractivity contribution in [3.63, 3.8) is 0 Å². The number of likely N-dealkylation sites (N-methyl/N-ethyl adjacent to an activating group) is 1. The summed E-state index contributed by atoms with van der Waals surface area (Å²) >= 11 is 0. The van der Waals surface area contributed by atoms with Gasteiger partial charge in [0.25, 0.3) is 0 Å². The second kappa shape index (κ2) is 5.81. The lowest BCUT2D eigenvalue weighted by molar-refractivity contribution is -0.0572. The Balaban J connectivity index is 2.21. The smallest absolute Gasteiger partial charge is 0.124 e. The minimum absolute atomic E-state index is 0.0471. The maximum absolute atomic E-state index is 10.6. The number of nitrogens with two attached hydrogens (primary N) is 1. The second-order valence-electron chi connectivity index (χ2n) is 5.63. The molecule has 2 rings (SSSR count). The summed E-state index contributed by atoms with van der Waals surface area (Å²) in [4.78, 5) is 1.98. The number of hydrogen-bond acceptors (Lipinski definition) is 4. The van der Waals surface area contributed by atoms with Crippen molar-refractivity contribution in [2.45, 2.75) is 25.4 Å². The Kier molecular flexibility index (Phi) is 4.30. The SMILES string of the molecule is Cc1ccc(C(=N)N)c(N(C)CC2(O)CCOCC2)c1. The zero-order valence-electron chi connectivity index (χ0n) is 12.1. The molecule has 1 aliphatic heterocycles. The fourth-order valence-corrected chi connectivity index (χ4v) is 2.62. The molecule has 0 spiro atoms. The van der Waals surface area contributed by atoms with E-state index in [0.717, 1.165) is 11.3 Å². The van der Waals surface area contributed by atoms with Crippen LogP contribution in [-0.2, 0) is 4.74 Å². The number of nitrogen functional groups attached to an aromatic ring is 1. The van der Waals surface area contributed by atoms with E-state index < -0.39 is 5.60 Å². The topological polar surface area (TPSA) is 82.6 Å². The molecule has 4 N–H and O–H groups in total. The van der Waals surface area contributed by atoms with Gasteiger partial charge in [-0.15, -0.1) is 0 Å². The van der Waals surface area contributed by atoms with Gasteiger partial charge in [0, 0.05) is 50.9 Å². The first-order valence-corrected chi connectivity index (χ1v) is 6.88. The van der Waals surface area contributed by atoms with Gasteiger partial charge in [-0.25, -0.2) is 0 Å². The van der Waals surface area contributed by atoms with Gasteiger partial charge in [-0.2, -0.15) is 0 Å². The maximum atomic E-state index is 10.6. The average molecular weight is 277 g/mol. The average Bonchev–Trinajstić information content (AvgIpc) is 2.38. The third kappa shape index (κ3) is 3.29. The van der Waals surface area contributed by atoms with Crippen molar-refractivity contribution < 1.29 is 9.84 Å². The number of aryl methyl sites for hydroxylation is 1. The van der Waals surface area contributed by atoms with Crippen molar-refractivity contribution >= 4 is 11.5 Å². The summed E-state index contributed by atoms with van der Waals surface area (Å²) in [6, 6.07) is 5.80. The zero-order valence-corrected chi connectivity index (χ0v) is 12.1. The van der Waals surface area contributed by atoms with Crippen LogP contribution in [-0.4, -0.2) is 43.3 Å². The van der Waals surface area contributed by atoms with Crippen molar-refractivity contribution in [1.29, 1.82) is 5.41 Å². The molecule has 110 valence electrons. The first-order chi connectivity index (χ1) is 9.41. The van der Waals surface area contributed by atoms with Gasteiger partial charge in [0.2, 0.25) is 0 Å². The normalized spacial score (nSPS) is 17.8. The first-order valence-electron chi connectivity index (χ1n) is 6.88. The number of hydrogen-bond donors (Lipinski definition) is 3. The van der Waals surface area contributed by atoms with Crippen LogP contribution in [0, 0.1) is 12.3 Å². The van der Waals surface area contributed by atoms with Crippen molar-refractivity contribution in [3.05, 3.63) is 29.3 Å². The van der Waals surface area contributed by atoms with E-state index in [1.165, 1.54) is 0 Å². The summed E-state index contributed by atoms with van der Waals surface area (Å²) in [5.74, 6) is 0.0471. The highest BCUT2D eigenvalue weighted by Gasteiger charge is 2.31. The summed E-state index contributed by atoms with van der Waals surface area (Å²) in [5.41, 5.74) is 7.61. The molecule has 0 aliphatic carbocycles. The van der Waals surface area contributed by atoms with E-state index >= 15 is 0 Å². The van der Waals surface area contributed by atoms with E-state index in [2.05, 4.69) is 0 Å². The lowest BCUT2D eigenvalue weighted by atomic mass is 9.93. The molecule has 1 heterocycles. The highest BCUT2D eigenvalue weighted by Crippen LogP contribution is 2.26. The highest BCUT2D eigenvalue weighted by atomic mass is 16.5. The van der Waals surface area contributed by atoms with Gasteiger partial charge in [0.1, 0.15) is 5.84 Å². The molecule has 0 aromatic heterocycles. The monoisotopic (exact) mass is 277 g/mol. The van der Waals surface area contributed by atoms with Crippen molar-refractivity contribution in [1.82, 2.24) is 0 Å². The van der Waals surface area contributed by atoms with E-state index in [0.29, 0.717) is 38.2 Å². The fourth-order valence-electron chi connectivity index (χ4n) is 2.62. The van der Waals surface area contributed by atoms with Crippen LogP contribution in [0.1, 0.15) is 24.0 Å². The van der Waals surface area contributed by atoms with Gasteiger partial charge >= 0.3 is 0 Å². The van der Waals surface area contributed by atoms with Crippen LogP contribution in [0.25, 0.3) is 0 Å². The quantitative estimate of drug-likeness (QED) is 0.571. The predicted octanol–water partition coefficient (Wildman–Crippen LogP) is 1.26. The van der Waals surface area contributed by atoms with Crippen LogP contribution in [0.2, 0.25) is 0 Å². The van der Waals surface area contributed by atoms with Crippen LogP contribution in [0.15, 0.2) is 18.2 Å². The lowest BCUT2D eigenvalue weighted by Gasteiger charge is -2.36. The standard InChI is InChI=1S/C15H23N3O2/c1-11-3-4-12(14(16)17)13(9-11)18(2)10-15(19)5-7-20-8-6-15/h3-4,9,19H,5-8,10H2,1-2H3,(H3,16,17). The van der Waals surface area contributed by atoms with Gasteiger partial charge in [-0.1, -0.05) is 6.07 Å². The molecule has 0 saturated carbocycles. The Morgan fingerprint density at radius 1 is 1.45 bits per heavy atom. The zero-order chi connectivity index (χ0) is 14.8. The van der Waals surface area contributed by atoms with E-state index in [1.54, 1.807) is 0 Å². The van der Waals surface area contributed by atoms with Gasteiger partial charge in [0.05, 0.1) is 5.60 Å². The number of anilines is 1. The molecule has 0 radical (unpaired) electrons. The van der Waals surface area contributed by atoms with Crippen LogP contribution < -0.4 is 10.6 Å². The Hall–Kier alpha value is -1.59. The highest BCUT2D eigenvalue weighted by molar-refractivity contribution is 6.00. The molecule has 1 fully saturated rings. The number of nitrogens with one attached hydrogen (secondary N) is 1. The summed E-state index contributed by atoms with van der Waals surface area (Å²) < 4.78 is 5.30. The van der Waals surface area contributed by atoms with Gasteiger partial charge in [-0.3, -0.25) is 5.41 Å². The molecule has 0 amide bonds. The molecule has 5 nitrogen and oxygen atoms in total. The Labute approximate surface area is 119 Å². The molecule has 5 heteroatoms. The van der Waals surface area contributed by atoms with Crippen molar-refractivity contribution in [3.8, 4) is 0 Å². The summed E-state index contributed by atoms with van der Waals surface area (Å²) in [6.07, 6.45) is 1.27. The van der Waals surface area contributed by atoms with E-state index in [9.17, 15) is 5.11 Å². The largest absolute Gasteiger partial charge is 0.388 e. The van der Waals surface area contributed by atoms with E-state index in [4.69, 9.17) is 15.9 Å². The minimum Gasteiger partial charge on any atom is -0.388 e. The molecular formula is C15H23N3O2. The Bertz CT molecular complexity index is 496. The number of nitrogens with zero attached hydrogens (tertiary/aromatic N) is 1. The first kappa shape index (κ1) is 14.8. The number of aliphatic hydroxyl groups is 1. The fraction of sp³-hybridized carbons (Fsp3) is 0.533. The predicted molar refractivity (Wildman–Crippen MR) is 80.5 cm³/mol. The van der Waals surface area contributed by atoms with Gasteiger partial charge in [-0.05, 0) is 24.6 Å². The Morgan fingerprint density at radius 2 is 2.10 bits per heavy atom. The minimum atomic E-state index is -0.731. The molecule has 1 saturated heterocycles. The third-order valence-corrected chi connectivity index (χ3v) is 3.81. The summed E-state index contributed by atoms with van der Waals surface area (Å²) in [6.45, 7) is 3.71. The molecule has 1 aromatic carbocycles. The molecule has 0 bridgehead atoms. The van der Waals surface area contributed by atoms with Gasteiger partial charge < -0.3 is 20.5 Å². The molecule has 0 atom stereocenters.